The Bertz CT molecular complexity index is 540. The first-order valence-corrected chi connectivity index (χ1v) is 7.63. The highest BCUT2D eigenvalue weighted by molar-refractivity contribution is 6.30. The molecular weight excluding hydrogens is 290 g/mol. The van der Waals surface area contributed by atoms with Gasteiger partial charge in [-0.05, 0) is 37.0 Å². The molecule has 0 heterocycles. The molecule has 1 fully saturated rings. The van der Waals surface area contributed by atoms with Crippen LogP contribution in [0.25, 0.3) is 0 Å². The SMILES string of the molecule is CCC(NC(=O)CC1(C(=O)O)CCC1)c1cccc(Cl)c1. The van der Waals surface area contributed by atoms with Gasteiger partial charge in [0.2, 0.25) is 5.91 Å². The molecule has 21 heavy (non-hydrogen) atoms. The van der Waals surface area contributed by atoms with Crippen molar-refractivity contribution in [3.63, 3.8) is 0 Å². The van der Waals surface area contributed by atoms with Gasteiger partial charge in [0, 0.05) is 11.4 Å². The van der Waals surface area contributed by atoms with Crippen LogP contribution in [-0.2, 0) is 9.59 Å². The molecule has 2 rings (SSSR count). The van der Waals surface area contributed by atoms with Crippen molar-refractivity contribution < 1.29 is 14.7 Å². The van der Waals surface area contributed by atoms with Crippen molar-refractivity contribution in [2.75, 3.05) is 0 Å². The Morgan fingerprint density at radius 2 is 2.14 bits per heavy atom. The Kier molecular flexibility index (Phi) is 4.88. The van der Waals surface area contributed by atoms with E-state index in [1.54, 1.807) is 6.07 Å². The van der Waals surface area contributed by atoms with Gasteiger partial charge in [0.1, 0.15) is 0 Å². The maximum absolute atomic E-state index is 12.2. The number of rotatable bonds is 6. The lowest BCUT2D eigenvalue weighted by Crippen LogP contribution is -2.43. The van der Waals surface area contributed by atoms with Gasteiger partial charge in [-0.2, -0.15) is 0 Å². The van der Waals surface area contributed by atoms with Gasteiger partial charge < -0.3 is 10.4 Å². The minimum atomic E-state index is -0.861. The third kappa shape index (κ3) is 3.56. The lowest BCUT2D eigenvalue weighted by molar-refractivity contribution is -0.157. The lowest BCUT2D eigenvalue weighted by atomic mass is 9.66. The summed E-state index contributed by atoms with van der Waals surface area (Å²) in [7, 11) is 0. The summed E-state index contributed by atoms with van der Waals surface area (Å²) in [5.74, 6) is -1.07. The molecule has 1 aliphatic carbocycles. The van der Waals surface area contributed by atoms with Crippen LogP contribution in [-0.4, -0.2) is 17.0 Å². The summed E-state index contributed by atoms with van der Waals surface area (Å²) >= 11 is 5.97. The van der Waals surface area contributed by atoms with Crippen LogP contribution in [0.5, 0.6) is 0 Å². The highest BCUT2D eigenvalue weighted by Gasteiger charge is 2.46. The van der Waals surface area contributed by atoms with E-state index in [1.165, 1.54) is 0 Å². The minimum absolute atomic E-state index is 0.0550. The summed E-state index contributed by atoms with van der Waals surface area (Å²) in [4.78, 5) is 23.5. The summed E-state index contributed by atoms with van der Waals surface area (Å²) < 4.78 is 0. The minimum Gasteiger partial charge on any atom is -0.481 e. The molecule has 0 spiro atoms. The summed E-state index contributed by atoms with van der Waals surface area (Å²) in [6.45, 7) is 1.97. The maximum Gasteiger partial charge on any atom is 0.310 e. The molecule has 5 heteroatoms. The van der Waals surface area contributed by atoms with E-state index in [0.29, 0.717) is 17.9 Å². The van der Waals surface area contributed by atoms with Crippen molar-refractivity contribution in [2.24, 2.45) is 5.41 Å². The molecule has 0 bridgehead atoms. The molecule has 1 atom stereocenters. The van der Waals surface area contributed by atoms with Crippen LogP contribution < -0.4 is 5.32 Å². The van der Waals surface area contributed by atoms with Gasteiger partial charge in [0.25, 0.3) is 0 Å². The molecule has 1 aliphatic rings. The molecular formula is C16H20ClNO3. The molecule has 4 nitrogen and oxygen atoms in total. The number of carbonyl (C=O) groups is 2. The fourth-order valence-corrected chi connectivity index (χ4v) is 2.97. The first kappa shape index (κ1) is 15.8. The Balaban J connectivity index is 2.02. The predicted molar refractivity (Wildman–Crippen MR) is 81.2 cm³/mol. The van der Waals surface area contributed by atoms with Crippen molar-refractivity contribution in [1.82, 2.24) is 5.32 Å². The van der Waals surface area contributed by atoms with Crippen molar-refractivity contribution in [2.45, 2.75) is 45.1 Å². The smallest absolute Gasteiger partial charge is 0.310 e. The van der Waals surface area contributed by atoms with E-state index in [9.17, 15) is 14.7 Å². The van der Waals surface area contributed by atoms with Crippen LogP contribution in [0.4, 0.5) is 0 Å². The Labute approximate surface area is 129 Å². The second-order valence-corrected chi connectivity index (χ2v) is 6.14. The molecule has 0 aliphatic heterocycles. The van der Waals surface area contributed by atoms with E-state index in [-0.39, 0.29) is 18.4 Å². The second-order valence-electron chi connectivity index (χ2n) is 5.70. The van der Waals surface area contributed by atoms with Gasteiger partial charge in [-0.3, -0.25) is 9.59 Å². The Hall–Kier alpha value is -1.55. The second kappa shape index (κ2) is 6.48. The zero-order valence-corrected chi connectivity index (χ0v) is 12.8. The number of halogens is 1. The summed E-state index contributed by atoms with van der Waals surface area (Å²) in [5.41, 5.74) is 0.0906. The number of hydrogen-bond acceptors (Lipinski definition) is 2. The molecule has 114 valence electrons. The molecule has 1 saturated carbocycles. The normalized spacial score (nSPS) is 17.6. The van der Waals surface area contributed by atoms with Crippen molar-refractivity contribution in [3.8, 4) is 0 Å². The number of aliphatic carboxylic acids is 1. The summed E-state index contributed by atoms with van der Waals surface area (Å²) in [5, 5.41) is 12.8. The van der Waals surface area contributed by atoms with Gasteiger partial charge in [-0.25, -0.2) is 0 Å². The third-order valence-corrected chi connectivity index (χ3v) is 4.49. The highest BCUT2D eigenvalue weighted by Crippen LogP contribution is 2.44. The Morgan fingerprint density at radius 1 is 1.43 bits per heavy atom. The number of nitrogens with one attached hydrogen (secondary N) is 1. The van der Waals surface area contributed by atoms with Crippen LogP contribution in [0.1, 0.15) is 50.6 Å². The van der Waals surface area contributed by atoms with Crippen LogP contribution in [0.15, 0.2) is 24.3 Å². The topological polar surface area (TPSA) is 66.4 Å². The van der Waals surface area contributed by atoms with E-state index in [2.05, 4.69) is 5.32 Å². The quantitative estimate of drug-likeness (QED) is 0.844. The molecule has 2 N–H and O–H groups in total. The molecule has 1 aromatic rings. The van der Waals surface area contributed by atoms with Crippen LogP contribution >= 0.6 is 11.6 Å². The number of carboxylic acids is 1. The summed E-state index contributed by atoms with van der Waals surface area (Å²) in [6, 6.07) is 7.23. The van der Waals surface area contributed by atoms with Crippen molar-refractivity contribution in [3.05, 3.63) is 34.9 Å². The number of carboxylic acid groups (broad SMARTS) is 1. The molecule has 0 aromatic heterocycles. The molecule has 1 unspecified atom stereocenters. The van der Waals surface area contributed by atoms with E-state index in [0.717, 1.165) is 18.4 Å². The van der Waals surface area contributed by atoms with Crippen molar-refractivity contribution >= 4 is 23.5 Å². The van der Waals surface area contributed by atoms with Crippen LogP contribution in [0.3, 0.4) is 0 Å². The van der Waals surface area contributed by atoms with Gasteiger partial charge in [-0.1, -0.05) is 37.1 Å². The number of benzene rings is 1. The lowest BCUT2D eigenvalue weighted by Gasteiger charge is -2.37. The number of carbonyl (C=O) groups excluding carboxylic acids is 1. The van der Waals surface area contributed by atoms with E-state index >= 15 is 0 Å². The average Bonchev–Trinajstić information content (AvgIpc) is 2.39. The first-order valence-electron chi connectivity index (χ1n) is 7.25. The molecule has 0 radical (unpaired) electrons. The van der Waals surface area contributed by atoms with Gasteiger partial charge in [0.15, 0.2) is 0 Å². The molecule has 1 aromatic carbocycles. The van der Waals surface area contributed by atoms with Gasteiger partial charge in [0.05, 0.1) is 11.5 Å². The standard InChI is InChI=1S/C16H20ClNO3/c1-2-13(11-5-3-6-12(17)9-11)18-14(19)10-16(15(20)21)7-4-8-16/h3,5-6,9,13H,2,4,7-8,10H2,1H3,(H,18,19)(H,20,21). The zero-order chi connectivity index (χ0) is 15.5. The van der Waals surface area contributed by atoms with Crippen LogP contribution in [0.2, 0.25) is 5.02 Å². The van der Waals surface area contributed by atoms with Gasteiger partial charge in [-0.15, -0.1) is 0 Å². The zero-order valence-electron chi connectivity index (χ0n) is 12.1. The van der Waals surface area contributed by atoms with Crippen molar-refractivity contribution in [1.29, 1.82) is 0 Å². The van der Waals surface area contributed by atoms with E-state index < -0.39 is 11.4 Å². The van der Waals surface area contributed by atoms with Gasteiger partial charge >= 0.3 is 5.97 Å². The monoisotopic (exact) mass is 309 g/mol. The maximum atomic E-state index is 12.2. The largest absolute Gasteiger partial charge is 0.481 e. The predicted octanol–water partition coefficient (Wildman–Crippen LogP) is 3.55. The molecule has 0 saturated heterocycles. The average molecular weight is 310 g/mol. The first-order chi connectivity index (χ1) is 9.97. The third-order valence-electron chi connectivity index (χ3n) is 4.26. The van der Waals surface area contributed by atoms with Crippen LogP contribution in [0, 0.1) is 5.41 Å². The Morgan fingerprint density at radius 3 is 2.62 bits per heavy atom. The molecule has 1 amide bonds. The fourth-order valence-electron chi connectivity index (χ4n) is 2.77. The highest BCUT2D eigenvalue weighted by atomic mass is 35.5. The number of hydrogen-bond donors (Lipinski definition) is 2. The fraction of sp³-hybridized carbons (Fsp3) is 0.500. The number of amides is 1. The van der Waals surface area contributed by atoms with E-state index in [4.69, 9.17) is 11.6 Å². The summed E-state index contributed by atoms with van der Waals surface area (Å²) in [6.07, 6.45) is 2.84. The van der Waals surface area contributed by atoms with E-state index in [1.807, 2.05) is 25.1 Å².